The molecule has 0 spiro atoms. The molecule has 2 heteroatoms. The van der Waals surface area contributed by atoms with E-state index in [9.17, 15) is 5.11 Å². The molecule has 5 atom stereocenters. The topological polar surface area (TPSA) is 29.5 Å². The van der Waals surface area contributed by atoms with Crippen LogP contribution in [-0.4, -0.2) is 23.9 Å². The first-order chi connectivity index (χ1) is 9.13. The number of rotatable bonds is 2. The van der Waals surface area contributed by atoms with Crippen LogP contribution in [0.4, 0.5) is 0 Å². The number of aliphatic hydroxyl groups is 1. The monoisotopic (exact) mass is 264 g/mol. The van der Waals surface area contributed by atoms with E-state index in [0.717, 1.165) is 5.92 Å². The summed E-state index contributed by atoms with van der Waals surface area (Å²) in [5.74, 6) is 2.05. The summed E-state index contributed by atoms with van der Waals surface area (Å²) in [6.45, 7) is 4.55. The second-order valence-electron chi connectivity index (χ2n) is 7.44. The molecule has 2 nitrogen and oxygen atoms in total. The van der Waals surface area contributed by atoms with Crippen molar-refractivity contribution in [3.63, 3.8) is 0 Å². The van der Waals surface area contributed by atoms with E-state index in [1.54, 1.807) is 0 Å². The zero-order valence-corrected chi connectivity index (χ0v) is 12.3. The summed E-state index contributed by atoms with van der Waals surface area (Å²) in [5, 5.41) is 9.73. The van der Waals surface area contributed by atoms with Crippen LogP contribution in [0.2, 0.25) is 0 Å². The summed E-state index contributed by atoms with van der Waals surface area (Å²) in [4.78, 5) is 0. The predicted octanol–water partition coefficient (Wildman–Crippen LogP) is 3.54. The Morgan fingerprint density at radius 3 is 2.74 bits per heavy atom. The molecule has 0 aromatic carbocycles. The van der Waals surface area contributed by atoms with Crippen molar-refractivity contribution < 1.29 is 9.84 Å². The molecule has 3 aliphatic rings. The van der Waals surface area contributed by atoms with Crippen LogP contribution in [0.15, 0.2) is 12.2 Å². The van der Waals surface area contributed by atoms with Crippen LogP contribution in [0.5, 0.6) is 0 Å². The van der Waals surface area contributed by atoms with Gasteiger partial charge in [0.25, 0.3) is 0 Å². The van der Waals surface area contributed by atoms with Gasteiger partial charge in [0.1, 0.15) is 0 Å². The van der Waals surface area contributed by atoms with Gasteiger partial charge in [0.2, 0.25) is 0 Å². The van der Waals surface area contributed by atoms with Gasteiger partial charge in [-0.05, 0) is 43.4 Å². The molecule has 3 rings (SSSR count). The fraction of sp³-hybridized carbons (Fsp3) is 0.882. The van der Waals surface area contributed by atoms with Gasteiger partial charge >= 0.3 is 0 Å². The Hall–Kier alpha value is -0.340. The Morgan fingerprint density at radius 1 is 1.16 bits per heavy atom. The molecular weight excluding hydrogens is 236 g/mol. The van der Waals surface area contributed by atoms with Crippen molar-refractivity contribution in [1.82, 2.24) is 0 Å². The minimum absolute atomic E-state index is 0.115. The van der Waals surface area contributed by atoms with Gasteiger partial charge in [0.05, 0.1) is 18.8 Å². The highest BCUT2D eigenvalue weighted by atomic mass is 16.5. The van der Waals surface area contributed by atoms with Gasteiger partial charge in [-0.1, -0.05) is 38.8 Å². The van der Waals surface area contributed by atoms with Gasteiger partial charge < -0.3 is 9.84 Å². The quantitative estimate of drug-likeness (QED) is 0.773. The molecule has 108 valence electrons. The highest BCUT2D eigenvalue weighted by Gasteiger charge is 2.49. The van der Waals surface area contributed by atoms with E-state index in [1.807, 2.05) is 0 Å². The van der Waals surface area contributed by atoms with E-state index in [0.29, 0.717) is 17.9 Å². The van der Waals surface area contributed by atoms with Crippen molar-refractivity contribution in [3.05, 3.63) is 12.2 Å². The molecule has 1 N–H and O–H groups in total. The average Bonchev–Trinajstić information content (AvgIpc) is 2.46. The van der Waals surface area contributed by atoms with Crippen LogP contribution >= 0.6 is 0 Å². The molecule has 2 aliphatic carbocycles. The smallest absolute Gasteiger partial charge is 0.0685 e. The summed E-state index contributed by atoms with van der Waals surface area (Å²) in [5.41, 5.74) is -0.115. The fourth-order valence-corrected chi connectivity index (χ4v) is 4.57. The van der Waals surface area contributed by atoms with Crippen LogP contribution in [0.25, 0.3) is 0 Å². The Labute approximate surface area is 117 Å². The number of hydrogen-bond donors (Lipinski definition) is 1. The van der Waals surface area contributed by atoms with Gasteiger partial charge in [0.15, 0.2) is 0 Å². The molecule has 1 saturated carbocycles. The van der Waals surface area contributed by atoms with Crippen molar-refractivity contribution in [2.24, 2.45) is 23.2 Å². The van der Waals surface area contributed by atoms with E-state index < -0.39 is 0 Å². The molecule has 0 aromatic heterocycles. The van der Waals surface area contributed by atoms with Crippen LogP contribution < -0.4 is 0 Å². The molecule has 1 saturated heterocycles. The lowest BCUT2D eigenvalue weighted by Crippen LogP contribution is -2.54. The highest BCUT2D eigenvalue weighted by molar-refractivity contribution is 5.08. The largest absolute Gasteiger partial charge is 0.396 e. The maximum atomic E-state index is 9.73. The van der Waals surface area contributed by atoms with E-state index in [2.05, 4.69) is 26.0 Å². The first-order valence-corrected chi connectivity index (χ1v) is 8.06. The molecule has 0 bridgehead atoms. The number of ether oxygens (including phenoxy) is 1. The van der Waals surface area contributed by atoms with Crippen LogP contribution in [0.3, 0.4) is 0 Å². The molecule has 0 aromatic rings. The zero-order valence-electron chi connectivity index (χ0n) is 12.3. The predicted molar refractivity (Wildman–Crippen MR) is 76.8 cm³/mol. The SMILES string of the molecule is CC(C)(CO)[C@@H]1O[C@@H]2CCCC[C@@H]2[C@@H]2C=CCC[C@@H]21. The number of fused-ring (bicyclic) bond motifs is 3. The third-order valence-electron chi connectivity index (χ3n) is 5.66. The van der Waals surface area contributed by atoms with E-state index >= 15 is 0 Å². The lowest BCUT2D eigenvalue weighted by molar-refractivity contribution is -0.195. The van der Waals surface area contributed by atoms with Crippen molar-refractivity contribution in [1.29, 1.82) is 0 Å². The molecule has 2 fully saturated rings. The summed E-state index contributed by atoms with van der Waals surface area (Å²) in [6, 6.07) is 0. The summed E-state index contributed by atoms with van der Waals surface area (Å²) < 4.78 is 6.52. The minimum atomic E-state index is -0.115. The molecule has 0 unspecified atom stereocenters. The van der Waals surface area contributed by atoms with Crippen molar-refractivity contribution in [3.8, 4) is 0 Å². The molecule has 1 heterocycles. The Morgan fingerprint density at radius 2 is 1.95 bits per heavy atom. The second kappa shape index (κ2) is 5.21. The van der Waals surface area contributed by atoms with Gasteiger partial charge in [0, 0.05) is 5.41 Å². The summed E-state index contributed by atoms with van der Waals surface area (Å²) in [6.07, 6.45) is 13.2. The Bertz CT molecular complexity index is 347. The maximum absolute atomic E-state index is 9.73. The van der Waals surface area contributed by atoms with Crippen molar-refractivity contribution in [2.45, 2.75) is 64.6 Å². The lowest BCUT2D eigenvalue weighted by Gasteiger charge is -2.53. The maximum Gasteiger partial charge on any atom is 0.0685 e. The van der Waals surface area contributed by atoms with Crippen LogP contribution in [-0.2, 0) is 4.74 Å². The van der Waals surface area contributed by atoms with Gasteiger partial charge in [-0.2, -0.15) is 0 Å². The van der Waals surface area contributed by atoms with E-state index in [4.69, 9.17) is 4.74 Å². The van der Waals surface area contributed by atoms with Crippen molar-refractivity contribution in [2.75, 3.05) is 6.61 Å². The first-order valence-electron chi connectivity index (χ1n) is 8.06. The lowest BCUT2D eigenvalue weighted by atomic mass is 9.62. The van der Waals surface area contributed by atoms with Gasteiger partial charge in [-0.15, -0.1) is 0 Å². The minimum Gasteiger partial charge on any atom is -0.396 e. The third kappa shape index (κ3) is 2.38. The number of allylic oxidation sites excluding steroid dienone is 2. The zero-order chi connectivity index (χ0) is 13.5. The second-order valence-corrected chi connectivity index (χ2v) is 7.44. The van der Waals surface area contributed by atoms with Gasteiger partial charge in [-0.3, -0.25) is 0 Å². The summed E-state index contributed by atoms with van der Waals surface area (Å²) in [7, 11) is 0. The molecule has 0 amide bonds. The fourth-order valence-electron chi connectivity index (χ4n) is 4.57. The Kier molecular flexibility index (Phi) is 3.74. The van der Waals surface area contributed by atoms with Gasteiger partial charge in [-0.25, -0.2) is 0 Å². The Balaban J connectivity index is 1.88. The number of hydrogen-bond acceptors (Lipinski definition) is 2. The average molecular weight is 264 g/mol. The number of aliphatic hydroxyl groups excluding tert-OH is 1. The van der Waals surface area contributed by atoms with Crippen LogP contribution in [0.1, 0.15) is 52.4 Å². The van der Waals surface area contributed by atoms with Crippen LogP contribution in [0, 0.1) is 23.2 Å². The normalized spacial score (nSPS) is 42.6. The summed E-state index contributed by atoms with van der Waals surface area (Å²) >= 11 is 0. The standard InChI is InChI=1S/C17H28O2/c1-17(2,11-18)16-14-9-4-3-7-12(14)13-8-5-6-10-15(13)19-16/h3,7,12-16,18H,4-6,8-11H2,1-2H3/t12-,13+,14-,15+,16+/m0/s1. The molecule has 19 heavy (non-hydrogen) atoms. The molecular formula is C17H28O2. The van der Waals surface area contributed by atoms with E-state index in [-0.39, 0.29) is 18.1 Å². The first kappa shape index (κ1) is 13.6. The highest BCUT2D eigenvalue weighted by Crippen LogP contribution is 2.50. The van der Waals surface area contributed by atoms with E-state index in [1.165, 1.54) is 38.5 Å². The molecule has 1 aliphatic heterocycles. The van der Waals surface area contributed by atoms with Crippen molar-refractivity contribution >= 4 is 0 Å². The molecule has 0 radical (unpaired) electrons. The third-order valence-corrected chi connectivity index (χ3v) is 5.66.